The van der Waals surface area contributed by atoms with Gasteiger partial charge in [-0.05, 0) is 43.9 Å². The maximum atomic E-state index is 12.4. The Kier molecular flexibility index (Phi) is 3.75. The maximum absolute atomic E-state index is 12.4. The number of aryl methyl sites for hydroxylation is 1. The van der Waals surface area contributed by atoms with Crippen LogP contribution in [0.5, 0.6) is 0 Å². The molecule has 1 aromatic rings. The summed E-state index contributed by atoms with van der Waals surface area (Å²) in [6.07, 6.45) is 0.269. The van der Waals surface area contributed by atoms with Crippen LogP contribution >= 0.6 is 0 Å². The van der Waals surface area contributed by atoms with Crippen LogP contribution in [0.3, 0.4) is 0 Å². The summed E-state index contributed by atoms with van der Waals surface area (Å²) in [4.78, 5) is 0.341. The third-order valence-electron chi connectivity index (χ3n) is 3.50. The van der Waals surface area contributed by atoms with Gasteiger partial charge in [0.15, 0.2) is 0 Å². The summed E-state index contributed by atoms with van der Waals surface area (Å²) in [7, 11) is -3.41. The van der Waals surface area contributed by atoms with Crippen LogP contribution in [0.1, 0.15) is 18.9 Å². The predicted octanol–water partition coefficient (Wildman–Crippen LogP) is 1.39. The van der Waals surface area contributed by atoms with Gasteiger partial charge in [-0.25, -0.2) is 8.42 Å². The SMILES string of the molecule is Cc1cccc(S(=O)(=O)N2CCC(C(C)O)C2)c1. The zero-order valence-corrected chi connectivity index (χ0v) is 11.5. The highest BCUT2D eigenvalue weighted by atomic mass is 32.2. The maximum Gasteiger partial charge on any atom is 0.243 e. The van der Waals surface area contributed by atoms with E-state index < -0.39 is 16.1 Å². The standard InChI is InChI=1S/C13H19NO3S/c1-10-4-3-5-13(8-10)18(16,17)14-7-6-12(9-14)11(2)15/h3-5,8,11-12,15H,6-7,9H2,1-2H3. The summed E-state index contributed by atoms with van der Waals surface area (Å²) in [6.45, 7) is 4.49. The second-order valence-corrected chi connectivity index (χ2v) is 6.91. The first-order chi connectivity index (χ1) is 8.41. The molecule has 0 bridgehead atoms. The van der Waals surface area contributed by atoms with Gasteiger partial charge in [0.05, 0.1) is 11.0 Å². The Balaban J connectivity index is 2.23. The molecule has 0 radical (unpaired) electrons. The number of hydrogen-bond acceptors (Lipinski definition) is 3. The molecule has 0 saturated carbocycles. The second-order valence-electron chi connectivity index (χ2n) is 4.97. The van der Waals surface area contributed by atoms with Gasteiger partial charge in [-0.15, -0.1) is 0 Å². The van der Waals surface area contributed by atoms with Gasteiger partial charge in [0, 0.05) is 13.1 Å². The highest BCUT2D eigenvalue weighted by Crippen LogP contribution is 2.26. The lowest BCUT2D eigenvalue weighted by Crippen LogP contribution is -2.30. The molecule has 100 valence electrons. The molecular weight excluding hydrogens is 250 g/mol. The van der Waals surface area contributed by atoms with Gasteiger partial charge in [-0.3, -0.25) is 0 Å². The highest BCUT2D eigenvalue weighted by Gasteiger charge is 2.34. The molecule has 1 aromatic carbocycles. The van der Waals surface area contributed by atoms with Crippen LogP contribution in [0.15, 0.2) is 29.2 Å². The van der Waals surface area contributed by atoms with E-state index >= 15 is 0 Å². The van der Waals surface area contributed by atoms with Crippen molar-refractivity contribution >= 4 is 10.0 Å². The van der Waals surface area contributed by atoms with E-state index in [1.165, 1.54) is 4.31 Å². The van der Waals surface area contributed by atoms with Crippen LogP contribution in [0, 0.1) is 12.8 Å². The molecule has 1 heterocycles. The van der Waals surface area contributed by atoms with E-state index in [9.17, 15) is 13.5 Å². The number of benzene rings is 1. The van der Waals surface area contributed by atoms with Gasteiger partial charge in [0.1, 0.15) is 0 Å². The van der Waals surface area contributed by atoms with Gasteiger partial charge in [-0.2, -0.15) is 4.31 Å². The average Bonchev–Trinajstić information content (AvgIpc) is 2.79. The zero-order chi connectivity index (χ0) is 13.3. The third kappa shape index (κ3) is 2.58. The number of aliphatic hydroxyl groups excluding tert-OH is 1. The van der Waals surface area contributed by atoms with Crippen LogP contribution in [-0.4, -0.2) is 37.0 Å². The molecule has 1 N–H and O–H groups in total. The molecule has 18 heavy (non-hydrogen) atoms. The summed E-state index contributed by atoms with van der Waals surface area (Å²) in [6, 6.07) is 6.94. The lowest BCUT2D eigenvalue weighted by atomic mass is 10.0. The van der Waals surface area contributed by atoms with E-state index in [0.29, 0.717) is 18.0 Å². The number of rotatable bonds is 3. The molecule has 2 unspecified atom stereocenters. The first kappa shape index (κ1) is 13.5. The van der Waals surface area contributed by atoms with Crippen molar-refractivity contribution in [2.75, 3.05) is 13.1 Å². The normalized spacial score (nSPS) is 23.2. The van der Waals surface area contributed by atoms with Crippen LogP contribution in [0.25, 0.3) is 0 Å². The molecular formula is C13H19NO3S. The van der Waals surface area contributed by atoms with E-state index in [0.717, 1.165) is 12.0 Å². The first-order valence-electron chi connectivity index (χ1n) is 6.16. The van der Waals surface area contributed by atoms with Crippen molar-refractivity contribution in [1.29, 1.82) is 0 Å². The van der Waals surface area contributed by atoms with E-state index in [2.05, 4.69) is 0 Å². The molecule has 0 aromatic heterocycles. The molecule has 1 aliphatic heterocycles. The number of aliphatic hydroxyl groups is 1. The number of nitrogens with zero attached hydrogens (tertiary/aromatic N) is 1. The molecule has 0 aliphatic carbocycles. The zero-order valence-electron chi connectivity index (χ0n) is 10.7. The van der Waals surface area contributed by atoms with Crippen molar-refractivity contribution in [2.45, 2.75) is 31.3 Å². The fourth-order valence-corrected chi connectivity index (χ4v) is 3.91. The Hall–Kier alpha value is -0.910. The Labute approximate surface area is 108 Å². The third-order valence-corrected chi connectivity index (χ3v) is 5.36. The Morgan fingerprint density at radius 1 is 1.44 bits per heavy atom. The summed E-state index contributed by atoms with van der Waals surface area (Å²) >= 11 is 0. The molecule has 0 amide bonds. The van der Waals surface area contributed by atoms with Crippen molar-refractivity contribution in [3.63, 3.8) is 0 Å². The van der Waals surface area contributed by atoms with Gasteiger partial charge in [-0.1, -0.05) is 12.1 Å². The average molecular weight is 269 g/mol. The Morgan fingerprint density at radius 2 is 2.17 bits per heavy atom. The molecule has 4 nitrogen and oxygen atoms in total. The van der Waals surface area contributed by atoms with Crippen molar-refractivity contribution in [2.24, 2.45) is 5.92 Å². The largest absolute Gasteiger partial charge is 0.393 e. The molecule has 1 aliphatic rings. The number of sulfonamides is 1. The predicted molar refractivity (Wildman–Crippen MR) is 69.7 cm³/mol. The minimum Gasteiger partial charge on any atom is -0.393 e. The molecule has 2 atom stereocenters. The summed E-state index contributed by atoms with van der Waals surface area (Å²) in [5.41, 5.74) is 0.933. The monoisotopic (exact) mass is 269 g/mol. The molecule has 0 spiro atoms. The van der Waals surface area contributed by atoms with Crippen molar-refractivity contribution < 1.29 is 13.5 Å². The quantitative estimate of drug-likeness (QED) is 0.902. The highest BCUT2D eigenvalue weighted by molar-refractivity contribution is 7.89. The first-order valence-corrected chi connectivity index (χ1v) is 7.60. The van der Waals surface area contributed by atoms with Crippen molar-refractivity contribution in [3.8, 4) is 0 Å². The smallest absolute Gasteiger partial charge is 0.243 e. The molecule has 1 fully saturated rings. The minimum atomic E-state index is -3.41. The second kappa shape index (κ2) is 4.99. The van der Waals surface area contributed by atoms with Crippen LogP contribution < -0.4 is 0 Å². The van der Waals surface area contributed by atoms with Crippen LogP contribution in [0.2, 0.25) is 0 Å². The summed E-state index contributed by atoms with van der Waals surface area (Å²) in [5, 5.41) is 9.53. The molecule has 1 saturated heterocycles. The lowest BCUT2D eigenvalue weighted by Gasteiger charge is -2.18. The van der Waals surface area contributed by atoms with Gasteiger partial charge >= 0.3 is 0 Å². The van der Waals surface area contributed by atoms with Crippen molar-refractivity contribution in [1.82, 2.24) is 4.31 Å². The fraction of sp³-hybridized carbons (Fsp3) is 0.538. The lowest BCUT2D eigenvalue weighted by molar-refractivity contribution is 0.133. The minimum absolute atomic E-state index is 0.0459. The van der Waals surface area contributed by atoms with E-state index in [-0.39, 0.29) is 5.92 Å². The Morgan fingerprint density at radius 3 is 2.72 bits per heavy atom. The Bertz CT molecular complexity index is 525. The van der Waals surface area contributed by atoms with E-state index in [1.807, 2.05) is 13.0 Å². The van der Waals surface area contributed by atoms with Crippen LogP contribution in [-0.2, 0) is 10.0 Å². The van der Waals surface area contributed by atoms with E-state index in [4.69, 9.17) is 0 Å². The van der Waals surface area contributed by atoms with Gasteiger partial charge in [0.2, 0.25) is 10.0 Å². The van der Waals surface area contributed by atoms with Crippen LogP contribution in [0.4, 0.5) is 0 Å². The topological polar surface area (TPSA) is 57.6 Å². The summed E-state index contributed by atoms with van der Waals surface area (Å²) < 4.78 is 26.3. The van der Waals surface area contributed by atoms with E-state index in [1.54, 1.807) is 25.1 Å². The van der Waals surface area contributed by atoms with Crippen molar-refractivity contribution in [3.05, 3.63) is 29.8 Å². The molecule has 5 heteroatoms. The van der Waals surface area contributed by atoms with Gasteiger partial charge < -0.3 is 5.11 Å². The van der Waals surface area contributed by atoms with Gasteiger partial charge in [0.25, 0.3) is 0 Å². The number of hydrogen-bond donors (Lipinski definition) is 1. The summed E-state index contributed by atoms with van der Waals surface area (Å²) in [5.74, 6) is 0.0459. The fourth-order valence-electron chi connectivity index (χ4n) is 2.29. The molecule has 2 rings (SSSR count).